The van der Waals surface area contributed by atoms with Crippen LogP contribution in [0, 0.1) is 11.8 Å². The molecule has 0 saturated carbocycles. The molecule has 3 atom stereocenters. The Hall–Kier alpha value is -0.123. The summed E-state index contributed by atoms with van der Waals surface area (Å²) in [6.45, 7) is 22.1. The van der Waals surface area contributed by atoms with E-state index in [1.165, 1.54) is 0 Å². The number of hydrogen-bond donors (Lipinski definition) is 1. The van der Waals surface area contributed by atoms with Gasteiger partial charge in [0.15, 0.2) is 0 Å². The van der Waals surface area contributed by atoms with Gasteiger partial charge in [-0.1, -0.05) is 61.5 Å². The van der Waals surface area contributed by atoms with E-state index in [9.17, 15) is 5.11 Å². The van der Waals surface area contributed by atoms with Gasteiger partial charge in [0.25, 0.3) is 0 Å². The molecule has 0 saturated heterocycles. The van der Waals surface area contributed by atoms with Crippen LogP contribution in [-0.2, 0) is 4.43 Å². The van der Waals surface area contributed by atoms with Crippen LogP contribution in [0.15, 0.2) is 12.7 Å². The van der Waals surface area contributed by atoms with Gasteiger partial charge in [0.1, 0.15) is 0 Å². The molecule has 0 spiro atoms. The van der Waals surface area contributed by atoms with E-state index in [4.69, 9.17) is 4.43 Å². The van der Waals surface area contributed by atoms with E-state index in [1.807, 2.05) is 6.08 Å². The molecule has 0 aliphatic heterocycles. The third kappa shape index (κ3) is 4.19. The van der Waals surface area contributed by atoms with Crippen molar-refractivity contribution in [2.75, 3.05) is 6.61 Å². The zero-order valence-electron chi connectivity index (χ0n) is 14.8. The molecule has 0 bridgehead atoms. The number of aliphatic hydroxyl groups excluding tert-OH is 1. The van der Waals surface area contributed by atoms with Gasteiger partial charge >= 0.3 is 0 Å². The average molecular weight is 301 g/mol. The van der Waals surface area contributed by atoms with Crippen LogP contribution >= 0.6 is 0 Å². The standard InChI is InChI=1S/C17H36O2Si/c1-10-15(8)17(16(9)11-18)19-20(12(2)3,13(4)5)14(6)7/h10,12-18H,1,11H2,2-9H3/t15-,16-,17-/m1/s1. The molecule has 120 valence electrons. The second-order valence-electron chi connectivity index (χ2n) is 7.15. The van der Waals surface area contributed by atoms with Crippen LogP contribution in [0.5, 0.6) is 0 Å². The molecule has 3 heteroatoms. The van der Waals surface area contributed by atoms with Gasteiger partial charge < -0.3 is 9.53 Å². The second kappa shape index (κ2) is 8.35. The number of rotatable bonds is 9. The zero-order chi connectivity index (χ0) is 16.1. The van der Waals surface area contributed by atoms with Gasteiger partial charge in [-0.15, -0.1) is 6.58 Å². The average Bonchev–Trinajstić information content (AvgIpc) is 2.37. The molecule has 0 aromatic carbocycles. The van der Waals surface area contributed by atoms with Crippen molar-refractivity contribution in [3.63, 3.8) is 0 Å². The summed E-state index contributed by atoms with van der Waals surface area (Å²) in [5.41, 5.74) is 1.69. The van der Waals surface area contributed by atoms with E-state index in [0.717, 1.165) is 0 Å². The predicted molar refractivity (Wildman–Crippen MR) is 91.5 cm³/mol. The largest absolute Gasteiger partial charge is 0.412 e. The molecule has 0 aliphatic rings. The highest BCUT2D eigenvalue weighted by atomic mass is 28.4. The minimum atomic E-state index is -1.91. The van der Waals surface area contributed by atoms with Crippen molar-refractivity contribution in [3.8, 4) is 0 Å². The zero-order valence-corrected chi connectivity index (χ0v) is 15.8. The summed E-state index contributed by atoms with van der Waals surface area (Å²) in [4.78, 5) is 0. The van der Waals surface area contributed by atoms with E-state index >= 15 is 0 Å². The Kier molecular flexibility index (Phi) is 8.30. The van der Waals surface area contributed by atoms with Gasteiger partial charge in [-0.3, -0.25) is 0 Å². The maximum absolute atomic E-state index is 9.56. The molecule has 0 heterocycles. The Morgan fingerprint density at radius 2 is 1.35 bits per heavy atom. The van der Waals surface area contributed by atoms with E-state index in [-0.39, 0.29) is 24.5 Å². The first kappa shape index (κ1) is 19.9. The first-order chi connectivity index (χ1) is 9.14. The van der Waals surface area contributed by atoms with Crippen molar-refractivity contribution in [3.05, 3.63) is 12.7 Å². The minimum Gasteiger partial charge on any atom is -0.412 e. The summed E-state index contributed by atoms with van der Waals surface area (Å²) < 4.78 is 6.84. The SMILES string of the molecule is C=C[C@@H](C)[C@@H](O[Si](C(C)C)(C(C)C)C(C)C)[C@H](C)CO. The molecule has 0 aliphatic carbocycles. The lowest BCUT2D eigenvalue weighted by molar-refractivity contribution is 0.0565. The fourth-order valence-corrected chi connectivity index (χ4v) is 9.36. The maximum atomic E-state index is 9.56. The summed E-state index contributed by atoms with van der Waals surface area (Å²) in [6, 6.07) is 0. The van der Waals surface area contributed by atoms with Crippen LogP contribution in [-0.4, -0.2) is 26.1 Å². The smallest absolute Gasteiger partial charge is 0.200 e. The minimum absolute atomic E-state index is 0.0661. The van der Waals surface area contributed by atoms with Gasteiger partial charge in [0.2, 0.25) is 8.32 Å². The van der Waals surface area contributed by atoms with Crippen LogP contribution in [0.3, 0.4) is 0 Å². The van der Waals surface area contributed by atoms with Gasteiger partial charge in [-0.2, -0.15) is 0 Å². The van der Waals surface area contributed by atoms with Crippen molar-refractivity contribution in [1.82, 2.24) is 0 Å². The fraction of sp³-hybridized carbons (Fsp3) is 0.882. The van der Waals surface area contributed by atoms with E-state index < -0.39 is 8.32 Å². The first-order valence-corrected chi connectivity index (χ1v) is 10.2. The molecule has 0 fully saturated rings. The second-order valence-corrected chi connectivity index (χ2v) is 12.6. The normalized spacial score (nSPS) is 17.6. The third-order valence-corrected chi connectivity index (χ3v) is 10.9. The van der Waals surface area contributed by atoms with Crippen LogP contribution in [0.25, 0.3) is 0 Å². The van der Waals surface area contributed by atoms with Gasteiger partial charge in [-0.25, -0.2) is 0 Å². The molecule has 0 radical (unpaired) electrons. The predicted octanol–water partition coefficient (Wildman–Crippen LogP) is 5.00. The van der Waals surface area contributed by atoms with Gasteiger partial charge in [-0.05, 0) is 22.5 Å². The molecular weight excluding hydrogens is 264 g/mol. The summed E-state index contributed by atoms with van der Waals surface area (Å²) in [7, 11) is -1.91. The molecule has 0 amide bonds. The first-order valence-electron chi connectivity index (χ1n) is 8.06. The van der Waals surface area contributed by atoms with E-state index in [2.05, 4.69) is 62.0 Å². The number of hydrogen-bond acceptors (Lipinski definition) is 2. The van der Waals surface area contributed by atoms with Crippen LogP contribution in [0.2, 0.25) is 16.6 Å². The lowest BCUT2D eigenvalue weighted by Crippen LogP contribution is -2.52. The van der Waals surface area contributed by atoms with Crippen LogP contribution in [0.1, 0.15) is 55.4 Å². The fourth-order valence-electron chi connectivity index (χ4n) is 3.62. The maximum Gasteiger partial charge on any atom is 0.200 e. The van der Waals surface area contributed by atoms with Crippen molar-refractivity contribution in [2.24, 2.45) is 11.8 Å². The Morgan fingerprint density at radius 3 is 1.60 bits per heavy atom. The molecule has 1 N–H and O–H groups in total. The van der Waals surface area contributed by atoms with Crippen LogP contribution < -0.4 is 0 Å². The molecule has 0 aromatic heterocycles. The summed E-state index contributed by atoms with van der Waals surface area (Å²) >= 11 is 0. The summed E-state index contributed by atoms with van der Waals surface area (Å²) in [5, 5.41) is 9.56. The van der Waals surface area contributed by atoms with Crippen LogP contribution in [0.4, 0.5) is 0 Å². The highest BCUT2D eigenvalue weighted by molar-refractivity contribution is 6.77. The molecule has 0 rings (SSSR count). The quantitative estimate of drug-likeness (QED) is 0.480. The Balaban J connectivity index is 5.53. The molecule has 20 heavy (non-hydrogen) atoms. The van der Waals surface area contributed by atoms with Gasteiger partial charge in [0.05, 0.1) is 6.10 Å². The van der Waals surface area contributed by atoms with E-state index in [0.29, 0.717) is 16.6 Å². The molecule has 2 nitrogen and oxygen atoms in total. The molecule has 0 unspecified atom stereocenters. The highest BCUT2D eigenvalue weighted by Crippen LogP contribution is 2.44. The van der Waals surface area contributed by atoms with Crippen molar-refractivity contribution < 1.29 is 9.53 Å². The van der Waals surface area contributed by atoms with Crippen molar-refractivity contribution >= 4 is 8.32 Å². The van der Waals surface area contributed by atoms with Crippen molar-refractivity contribution in [2.45, 2.75) is 78.1 Å². The van der Waals surface area contributed by atoms with Gasteiger partial charge in [0, 0.05) is 12.5 Å². The molecular formula is C17H36O2Si. The lowest BCUT2D eigenvalue weighted by Gasteiger charge is -2.46. The van der Waals surface area contributed by atoms with E-state index in [1.54, 1.807) is 0 Å². The molecule has 0 aromatic rings. The summed E-state index contributed by atoms with van der Waals surface area (Å²) in [5.74, 6) is 0.409. The topological polar surface area (TPSA) is 29.5 Å². The lowest BCUT2D eigenvalue weighted by atomic mass is 9.94. The Bertz CT molecular complexity index is 265. The number of aliphatic hydroxyl groups is 1. The van der Waals surface area contributed by atoms with Crippen molar-refractivity contribution in [1.29, 1.82) is 0 Å². The Labute approximate surface area is 127 Å². The third-order valence-electron chi connectivity index (χ3n) is 4.79. The highest BCUT2D eigenvalue weighted by Gasteiger charge is 2.47. The Morgan fingerprint density at radius 1 is 0.950 bits per heavy atom. The monoisotopic (exact) mass is 300 g/mol. The summed E-state index contributed by atoms with van der Waals surface area (Å²) in [6.07, 6.45) is 2.02.